The molecule has 1 aliphatic heterocycles. The van der Waals surface area contributed by atoms with E-state index in [1.165, 1.54) is 0 Å². The van der Waals surface area contributed by atoms with Gasteiger partial charge in [-0.25, -0.2) is 4.79 Å². The number of rotatable bonds is 7. The second kappa shape index (κ2) is 9.28. The summed E-state index contributed by atoms with van der Waals surface area (Å²) in [4.78, 5) is 15.0. The number of hydrogen-bond acceptors (Lipinski definition) is 6. The number of aromatic nitrogens is 2. The van der Waals surface area contributed by atoms with Gasteiger partial charge in [-0.1, -0.05) is 54.6 Å². The molecule has 2 aromatic carbocycles. The standard InChI is InChI=1S/C30H32N4O3/c1-21(22-9-11-23(12-10-22)25-13-14-26(33-32-25)29(20-31)15-16-29)34-18-17-30(37-27(34)35,19-28(2,3)36)24-7-5-4-6-8-24/h4-14,21,36H,15-19H2,1-3H3/t21-,30-/m0/s1. The summed E-state index contributed by atoms with van der Waals surface area (Å²) in [5.41, 5.74) is 1.99. The highest BCUT2D eigenvalue weighted by Gasteiger charge is 2.47. The van der Waals surface area contributed by atoms with Gasteiger partial charge in [0.25, 0.3) is 0 Å². The largest absolute Gasteiger partial charge is 0.438 e. The van der Waals surface area contributed by atoms with Crippen LogP contribution in [-0.2, 0) is 15.8 Å². The summed E-state index contributed by atoms with van der Waals surface area (Å²) in [5, 5.41) is 28.6. The van der Waals surface area contributed by atoms with E-state index in [-0.39, 0.29) is 12.1 Å². The fourth-order valence-corrected chi connectivity index (χ4v) is 5.30. The fourth-order valence-electron chi connectivity index (χ4n) is 5.30. The first-order valence-corrected chi connectivity index (χ1v) is 12.8. The van der Waals surface area contributed by atoms with Crippen LogP contribution in [-0.4, -0.2) is 38.4 Å². The van der Waals surface area contributed by atoms with E-state index in [4.69, 9.17) is 4.74 Å². The maximum absolute atomic E-state index is 13.3. The minimum atomic E-state index is -0.991. The zero-order chi connectivity index (χ0) is 26.3. The van der Waals surface area contributed by atoms with Crippen molar-refractivity contribution in [2.45, 2.75) is 69.1 Å². The molecular formula is C30H32N4O3. The molecule has 0 bridgehead atoms. The van der Waals surface area contributed by atoms with Gasteiger partial charge in [-0.2, -0.15) is 15.5 Å². The van der Waals surface area contributed by atoms with Gasteiger partial charge in [-0.15, -0.1) is 0 Å². The van der Waals surface area contributed by atoms with Crippen molar-refractivity contribution in [1.29, 1.82) is 5.26 Å². The number of carbonyl (C=O) groups is 1. The van der Waals surface area contributed by atoms with Gasteiger partial charge >= 0.3 is 6.09 Å². The van der Waals surface area contributed by atoms with Crippen molar-refractivity contribution in [3.05, 3.63) is 83.6 Å². The summed E-state index contributed by atoms with van der Waals surface area (Å²) in [5.74, 6) is 0. The lowest BCUT2D eigenvalue weighted by molar-refractivity contribution is -0.101. The van der Waals surface area contributed by atoms with Crippen molar-refractivity contribution in [2.24, 2.45) is 0 Å². The number of ether oxygens (including phenoxy) is 1. The normalized spacial score (nSPS) is 21.6. The molecule has 1 aliphatic carbocycles. The number of cyclic esters (lactones) is 1. The molecule has 5 rings (SSSR count). The second-order valence-corrected chi connectivity index (χ2v) is 11.0. The van der Waals surface area contributed by atoms with Crippen molar-refractivity contribution < 1.29 is 14.6 Å². The number of hydrogen-bond donors (Lipinski definition) is 1. The van der Waals surface area contributed by atoms with Crippen molar-refractivity contribution in [2.75, 3.05) is 6.54 Å². The number of aliphatic hydroxyl groups is 1. The van der Waals surface area contributed by atoms with Crippen molar-refractivity contribution >= 4 is 6.09 Å². The van der Waals surface area contributed by atoms with E-state index in [1.54, 1.807) is 18.7 Å². The molecule has 2 aliphatic rings. The van der Waals surface area contributed by atoms with Crippen LogP contribution in [0.2, 0.25) is 0 Å². The third-order valence-corrected chi connectivity index (χ3v) is 7.57. The highest BCUT2D eigenvalue weighted by molar-refractivity contribution is 5.70. The van der Waals surface area contributed by atoms with E-state index >= 15 is 0 Å². The fraction of sp³-hybridized carbons (Fsp3) is 0.400. The molecule has 190 valence electrons. The van der Waals surface area contributed by atoms with Gasteiger partial charge in [-0.05, 0) is 56.9 Å². The Hall–Kier alpha value is -3.76. The number of amides is 1. The minimum Gasteiger partial charge on any atom is -0.438 e. The molecule has 1 aromatic heterocycles. The van der Waals surface area contributed by atoms with Gasteiger partial charge in [0.2, 0.25) is 0 Å². The molecule has 2 heterocycles. The summed E-state index contributed by atoms with van der Waals surface area (Å²) >= 11 is 0. The van der Waals surface area contributed by atoms with Gasteiger partial charge in [0.1, 0.15) is 11.0 Å². The molecule has 0 radical (unpaired) electrons. The lowest BCUT2D eigenvalue weighted by Crippen LogP contribution is -2.51. The van der Waals surface area contributed by atoms with E-state index < -0.39 is 16.6 Å². The van der Waals surface area contributed by atoms with Crippen LogP contribution in [0.3, 0.4) is 0 Å². The molecule has 0 unspecified atom stereocenters. The Morgan fingerprint density at radius 1 is 1.05 bits per heavy atom. The number of nitriles is 1. The van der Waals surface area contributed by atoms with E-state index in [9.17, 15) is 15.2 Å². The molecule has 2 fully saturated rings. The van der Waals surface area contributed by atoms with Gasteiger partial charge in [0.05, 0.1) is 29.1 Å². The summed E-state index contributed by atoms with van der Waals surface area (Å²) in [6.07, 6.45) is 2.20. The number of carbonyl (C=O) groups excluding carboxylic acids is 1. The molecule has 2 atom stereocenters. The first-order valence-electron chi connectivity index (χ1n) is 12.8. The Bertz CT molecular complexity index is 1310. The molecule has 7 nitrogen and oxygen atoms in total. The Morgan fingerprint density at radius 3 is 2.30 bits per heavy atom. The average molecular weight is 497 g/mol. The third kappa shape index (κ3) is 4.94. The van der Waals surface area contributed by atoms with Crippen LogP contribution < -0.4 is 0 Å². The van der Waals surface area contributed by atoms with E-state index in [2.05, 4.69) is 16.3 Å². The Kier molecular flexibility index (Phi) is 6.25. The molecule has 37 heavy (non-hydrogen) atoms. The first kappa shape index (κ1) is 24.9. The molecule has 1 saturated carbocycles. The number of benzene rings is 2. The quantitative estimate of drug-likeness (QED) is 0.453. The average Bonchev–Trinajstić information content (AvgIpc) is 3.70. The predicted molar refractivity (Wildman–Crippen MR) is 139 cm³/mol. The lowest BCUT2D eigenvalue weighted by atomic mass is 9.80. The second-order valence-electron chi connectivity index (χ2n) is 11.0. The third-order valence-electron chi connectivity index (χ3n) is 7.57. The van der Waals surface area contributed by atoms with E-state index in [0.717, 1.165) is 40.9 Å². The molecule has 1 saturated heterocycles. The predicted octanol–water partition coefficient (Wildman–Crippen LogP) is 5.66. The van der Waals surface area contributed by atoms with Crippen LogP contribution in [0.25, 0.3) is 11.3 Å². The van der Waals surface area contributed by atoms with Crippen molar-refractivity contribution in [3.8, 4) is 17.3 Å². The van der Waals surface area contributed by atoms with Gasteiger partial charge < -0.3 is 14.7 Å². The molecule has 0 spiro atoms. The zero-order valence-corrected chi connectivity index (χ0v) is 21.5. The SMILES string of the molecule is C[C@@H](c1ccc(-c2ccc(C3(C#N)CC3)nn2)cc1)N1CC[C@](CC(C)(C)O)(c2ccccc2)OC1=O. The molecule has 1 N–H and O–H groups in total. The van der Waals surface area contributed by atoms with E-state index in [1.807, 2.05) is 73.7 Å². The zero-order valence-electron chi connectivity index (χ0n) is 21.5. The smallest absolute Gasteiger partial charge is 0.411 e. The summed E-state index contributed by atoms with van der Waals surface area (Å²) < 4.78 is 6.12. The summed E-state index contributed by atoms with van der Waals surface area (Å²) in [6, 6.07) is 23.6. The lowest BCUT2D eigenvalue weighted by Gasteiger charge is -2.45. The Morgan fingerprint density at radius 2 is 1.76 bits per heavy atom. The van der Waals surface area contributed by atoms with Gasteiger partial charge in [0.15, 0.2) is 0 Å². The van der Waals surface area contributed by atoms with Crippen LogP contribution in [0.1, 0.15) is 69.3 Å². The van der Waals surface area contributed by atoms with Gasteiger partial charge in [-0.3, -0.25) is 0 Å². The summed E-state index contributed by atoms with van der Waals surface area (Å²) in [7, 11) is 0. The Balaban J connectivity index is 1.31. The van der Waals surface area contributed by atoms with Crippen LogP contribution >= 0.6 is 0 Å². The molecule has 7 heteroatoms. The number of nitrogens with zero attached hydrogens (tertiary/aromatic N) is 4. The summed E-state index contributed by atoms with van der Waals surface area (Å²) in [6.45, 7) is 5.99. The van der Waals surface area contributed by atoms with E-state index in [0.29, 0.717) is 19.4 Å². The minimum absolute atomic E-state index is 0.184. The highest BCUT2D eigenvalue weighted by Crippen LogP contribution is 2.46. The van der Waals surface area contributed by atoms with Crippen molar-refractivity contribution in [3.63, 3.8) is 0 Å². The van der Waals surface area contributed by atoms with Crippen LogP contribution in [0.5, 0.6) is 0 Å². The highest BCUT2D eigenvalue weighted by atomic mass is 16.6. The Labute approximate surface area is 217 Å². The van der Waals surface area contributed by atoms with Crippen molar-refractivity contribution in [1.82, 2.24) is 15.1 Å². The maximum Gasteiger partial charge on any atom is 0.411 e. The molecule has 1 amide bonds. The van der Waals surface area contributed by atoms with Crippen LogP contribution in [0.4, 0.5) is 4.79 Å². The maximum atomic E-state index is 13.3. The first-order chi connectivity index (χ1) is 17.6. The van der Waals surface area contributed by atoms with Crippen LogP contribution in [0.15, 0.2) is 66.7 Å². The monoisotopic (exact) mass is 496 g/mol. The topological polar surface area (TPSA) is 99.3 Å². The molecule has 3 aromatic rings. The molecular weight excluding hydrogens is 464 g/mol. The van der Waals surface area contributed by atoms with Gasteiger partial charge in [0, 0.05) is 24.9 Å². The van der Waals surface area contributed by atoms with Crippen LogP contribution in [0, 0.1) is 11.3 Å².